The Morgan fingerprint density at radius 1 is 1.26 bits per heavy atom. The quantitative estimate of drug-likeness (QED) is 0.840. The molecule has 0 bridgehead atoms. The Hall–Kier alpha value is -1.06. The standard InChI is InChI=1S/C16H24N2O/c1-11-3-4-14(12-5-7-18(2)8-6-12)15-9-13(17)10-19-16(11)15/h3-4,12-13H,5-10,17H2,1-2H3/t13-/m1/s1. The van der Waals surface area contributed by atoms with Gasteiger partial charge in [0.05, 0.1) is 0 Å². The van der Waals surface area contributed by atoms with Gasteiger partial charge in [-0.05, 0) is 68.9 Å². The zero-order chi connectivity index (χ0) is 13.4. The Morgan fingerprint density at radius 2 is 2.00 bits per heavy atom. The Balaban J connectivity index is 1.93. The van der Waals surface area contributed by atoms with Crippen LogP contribution in [-0.2, 0) is 6.42 Å². The Labute approximate surface area is 115 Å². The number of fused-ring (bicyclic) bond motifs is 1. The first kappa shape index (κ1) is 12.9. The zero-order valence-electron chi connectivity index (χ0n) is 12.0. The maximum absolute atomic E-state index is 6.09. The highest BCUT2D eigenvalue weighted by Crippen LogP contribution is 2.38. The van der Waals surface area contributed by atoms with E-state index < -0.39 is 0 Å². The summed E-state index contributed by atoms with van der Waals surface area (Å²) in [4.78, 5) is 2.42. The SMILES string of the molecule is Cc1ccc(C2CCN(C)CC2)c2c1OC[C@H](N)C2. The van der Waals surface area contributed by atoms with E-state index in [1.807, 2.05) is 0 Å². The number of ether oxygens (including phenoxy) is 1. The van der Waals surface area contributed by atoms with Crippen molar-refractivity contribution in [3.63, 3.8) is 0 Å². The summed E-state index contributed by atoms with van der Waals surface area (Å²) in [5.41, 5.74) is 10.2. The van der Waals surface area contributed by atoms with Gasteiger partial charge in [0.15, 0.2) is 0 Å². The van der Waals surface area contributed by atoms with Crippen molar-refractivity contribution < 1.29 is 4.74 Å². The number of benzene rings is 1. The molecule has 1 aromatic rings. The van der Waals surface area contributed by atoms with E-state index in [-0.39, 0.29) is 6.04 Å². The molecule has 3 heteroatoms. The van der Waals surface area contributed by atoms with Gasteiger partial charge in [-0.3, -0.25) is 0 Å². The molecular formula is C16H24N2O. The topological polar surface area (TPSA) is 38.5 Å². The molecule has 1 atom stereocenters. The number of rotatable bonds is 1. The van der Waals surface area contributed by atoms with Crippen LogP contribution in [0.25, 0.3) is 0 Å². The van der Waals surface area contributed by atoms with Crippen LogP contribution >= 0.6 is 0 Å². The van der Waals surface area contributed by atoms with E-state index in [1.165, 1.54) is 42.6 Å². The number of piperidine rings is 1. The molecule has 1 aromatic carbocycles. The molecule has 0 amide bonds. The Morgan fingerprint density at radius 3 is 2.74 bits per heavy atom. The minimum atomic E-state index is 0.152. The zero-order valence-corrected chi connectivity index (χ0v) is 12.0. The van der Waals surface area contributed by atoms with Gasteiger partial charge in [0, 0.05) is 6.04 Å². The summed E-state index contributed by atoms with van der Waals surface area (Å²) >= 11 is 0. The van der Waals surface area contributed by atoms with E-state index in [9.17, 15) is 0 Å². The molecule has 3 rings (SSSR count). The van der Waals surface area contributed by atoms with Crippen LogP contribution in [-0.4, -0.2) is 37.7 Å². The number of hydrogen-bond donors (Lipinski definition) is 1. The van der Waals surface area contributed by atoms with E-state index in [2.05, 4.69) is 31.0 Å². The van der Waals surface area contributed by atoms with E-state index in [0.717, 1.165) is 12.2 Å². The third-order valence-electron chi connectivity index (χ3n) is 4.56. The predicted molar refractivity (Wildman–Crippen MR) is 77.8 cm³/mol. The molecule has 1 saturated heterocycles. The second kappa shape index (κ2) is 5.14. The van der Waals surface area contributed by atoms with Crippen LogP contribution in [0.5, 0.6) is 5.75 Å². The van der Waals surface area contributed by atoms with Crippen molar-refractivity contribution in [1.82, 2.24) is 4.90 Å². The maximum atomic E-state index is 6.09. The molecule has 19 heavy (non-hydrogen) atoms. The fourth-order valence-corrected chi connectivity index (χ4v) is 3.39. The lowest BCUT2D eigenvalue weighted by molar-refractivity contribution is 0.246. The summed E-state index contributed by atoms with van der Waals surface area (Å²) in [6.07, 6.45) is 3.47. The van der Waals surface area contributed by atoms with Gasteiger partial charge in [-0.2, -0.15) is 0 Å². The molecule has 2 aliphatic heterocycles. The molecule has 104 valence electrons. The normalized spacial score (nSPS) is 24.9. The molecule has 0 spiro atoms. The summed E-state index contributed by atoms with van der Waals surface area (Å²) in [5, 5.41) is 0. The first-order valence-corrected chi connectivity index (χ1v) is 7.34. The monoisotopic (exact) mass is 260 g/mol. The van der Waals surface area contributed by atoms with Gasteiger partial charge in [0.2, 0.25) is 0 Å². The van der Waals surface area contributed by atoms with Gasteiger partial charge in [-0.15, -0.1) is 0 Å². The lowest BCUT2D eigenvalue weighted by Crippen LogP contribution is -2.35. The average Bonchev–Trinajstić information content (AvgIpc) is 2.40. The fourth-order valence-electron chi connectivity index (χ4n) is 3.39. The maximum Gasteiger partial charge on any atom is 0.125 e. The van der Waals surface area contributed by atoms with E-state index >= 15 is 0 Å². The number of nitrogens with two attached hydrogens (primary N) is 1. The molecular weight excluding hydrogens is 236 g/mol. The molecule has 2 aliphatic rings. The molecule has 2 N–H and O–H groups in total. The second-order valence-electron chi connectivity index (χ2n) is 6.13. The second-order valence-corrected chi connectivity index (χ2v) is 6.13. The lowest BCUT2D eigenvalue weighted by Gasteiger charge is -2.33. The minimum absolute atomic E-state index is 0.152. The van der Waals surface area contributed by atoms with E-state index in [1.54, 1.807) is 0 Å². The summed E-state index contributed by atoms with van der Waals surface area (Å²) in [6, 6.07) is 4.67. The number of likely N-dealkylation sites (tertiary alicyclic amines) is 1. The lowest BCUT2D eigenvalue weighted by atomic mass is 9.83. The molecule has 2 heterocycles. The average molecular weight is 260 g/mol. The van der Waals surface area contributed by atoms with Crippen LogP contribution in [0.1, 0.15) is 35.4 Å². The van der Waals surface area contributed by atoms with Crippen molar-refractivity contribution in [2.24, 2.45) is 5.73 Å². The van der Waals surface area contributed by atoms with Crippen LogP contribution in [0.2, 0.25) is 0 Å². The number of aryl methyl sites for hydroxylation is 1. The molecule has 0 aromatic heterocycles. The summed E-state index contributed by atoms with van der Waals surface area (Å²) in [7, 11) is 2.21. The Kier molecular flexibility index (Phi) is 3.50. The van der Waals surface area contributed by atoms with Crippen LogP contribution < -0.4 is 10.5 Å². The van der Waals surface area contributed by atoms with Crippen LogP contribution in [0.15, 0.2) is 12.1 Å². The summed E-state index contributed by atoms with van der Waals surface area (Å²) in [5.74, 6) is 1.79. The first-order chi connectivity index (χ1) is 9.15. The van der Waals surface area contributed by atoms with Crippen molar-refractivity contribution in [3.05, 3.63) is 28.8 Å². The summed E-state index contributed by atoms with van der Waals surface area (Å²) in [6.45, 7) is 5.18. The van der Waals surface area contributed by atoms with Gasteiger partial charge in [-0.25, -0.2) is 0 Å². The van der Waals surface area contributed by atoms with Crippen molar-refractivity contribution in [1.29, 1.82) is 0 Å². The first-order valence-electron chi connectivity index (χ1n) is 7.34. The number of hydrogen-bond acceptors (Lipinski definition) is 3. The van der Waals surface area contributed by atoms with Crippen LogP contribution in [0, 0.1) is 6.92 Å². The Bertz CT molecular complexity index is 464. The van der Waals surface area contributed by atoms with Crippen LogP contribution in [0.3, 0.4) is 0 Å². The van der Waals surface area contributed by atoms with Crippen molar-refractivity contribution in [2.45, 2.75) is 38.1 Å². The van der Waals surface area contributed by atoms with Crippen LogP contribution in [0.4, 0.5) is 0 Å². The van der Waals surface area contributed by atoms with Crippen molar-refractivity contribution in [3.8, 4) is 5.75 Å². The highest BCUT2D eigenvalue weighted by molar-refractivity contribution is 5.49. The third-order valence-corrected chi connectivity index (χ3v) is 4.56. The van der Waals surface area contributed by atoms with Crippen molar-refractivity contribution >= 4 is 0 Å². The largest absolute Gasteiger partial charge is 0.491 e. The van der Waals surface area contributed by atoms with E-state index in [0.29, 0.717) is 12.5 Å². The molecule has 0 saturated carbocycles. The highest BCUT2D eigenvalue weighted by Gasteiger charge is 2.26. The van der Waals surface area contributed by atoms with Gasteiger partial charge >= 0.3 is 0 Å². The molecule has 0 radical (unpaired) electrons. The molecule has 0 aliphatic carbocycles. The van der Waals surface area contributed by atoms with Crippen molar-refractivity contribution in [2.75, 3.05) is 26.7 Å². The molecule has 0 unspecified atom stereocenters. The highest BCUT2D eigenvalue weighted by atomic mass is 16.5. The summed E-state index contributed by atoms with van der Waals surface area (Å²) < 4.78 is 5.88. The minimum Gasteiger partial charge on any atom is -0.491 e. The van der Waals surface area contributed by atoms with Gasteiger partial charge in [0.1, 0.15) is 12.4 Å². The predicted octanol–water partition coefficient (Wildman–Crippen LogP) is 2.07. The molecule has 3 nitrogen and oxygen atoms in total. The fraction of sp³-hybridized carbons (Fsp3) is 0.625. The van der Waals surface area contributed by atoms with Gasteiger partial charge in [0.25, 0.3) is 0 Å². The molecule has 1 fully saturated rings. The van der Waals surface area contributed by atoms with Gasteiger partial charge in [-0.1, -0.05) is 12.1 Å². The van der Waals surface area contributed by atoms with Gasteiger partial charge < -0.3 is 15.4 Å². The number of nitrogens with zero attached hydrogens (tertiary/aromatic N) is 1. The third kappa shape index (κ3) is 2.49. The van der Waals surface area contributed by atoms with E-state index in [4.69, 9.17) is 10.5 Å². The smallest absolute Gasteiger partial charge is 0.125 e.